The standard InChI is InChI=1S/C16H20N2O5/c1-10(19)8-9-14(16(22)23-3)18-15(21)12-6-4-5-7-13(12)17-11(2)20/h4-7,14H,8-9H2,1-3H3,(H,17,20)(H,18,21)/t14-/m1/s1. The molecule has 23 heavy (non-hydrogen) atoms. The number of hydrogen-bond acceptors (Lipinski definition) is 5. The van der Waals surface area contributed by atoms with Crippen LogP contribution < -0.4 is 10.6 Å². The highest BCUT2D eigenvalue weighted by molar-refractivity contribution is 6.04. The van der Waals surface area contributed by atoms with Crippen molar-refractivity contribution in [1.29, 1.82) is 0 Å². The van der Waals surface area contributed by atoms with E-state index in [1.54, 1.807) is 18.2 Å². The van der Waals surface area contributed by atoms with Crippen molar-refractivity contribution in [2.24, 2.45) is 0 Å². The highest BCUT2D eigenvalue weighted by Gasteiger charge is 2.23. The number of ether oxygens (including phenoxy) is 1. The summed E-state index contributed by atoms with van der Waals surface area (Å²) in [4.78, 5) is 46.4. The van der Waals surface area contributed by atoms with E-state index in [0.29, 0.717) is 5.69 Å². The summed E-state index contributed by atoms with van der Waals surface area (Å²) in [5, 5.41) is 5.09. The van der Waals surface area contributed by atoms with E-state index in [1.807, 2.05) is 0 Å². The monoisotopic (exact) mass is 320 g/mol. The van der Waals surface area contributed by atoms with Crippen LogP contribution in [0.15, 0.2) is 24.3 Å². The first kappa shape index (κ1) is 18.3. The quantitative estimate of drug-likeness (QED) is 0.737. The summed E-state index contributed by atoms with van der Waals surface area (Å²) in [6.45, 7) is 2.74. The van der Waals surface area contributed by atoms with Crippen molar-refractivity contribution in [3.05, 3.63) is 29.8 Å². The van der Waals surface area contributed by atoms with Gasteiger partial charge in [-0.15, -0.1) is 0 Å². The SMILES string of the molecule is COC(=O)[C@@H](CCC(C)=O)NC(=O)c1ccccc1NC(C)=O. The van der Waals surface area contributed by atoms with Gasteiger partial charge >= 0.3 is 5.97 Å². The van der Waals surface area contributed by atoms with Crippen molar-refractivity contribution in [2.75, 3.05) is 12.4 Å². The average molecular weight is 320 g/mol. The van der Waals surface area contributed by atoms with E-state index >= 15 is 0 Å². The van der Waals surface area contributed by atoms with E-state index in [9.17, 15) is 19.2 Å². The maximum Gasteiger partial charge on any atom is 0.328 e. The van der Waals surface area contributed by atoms with Gasteiger partial charge in [0.05, 0.1) is 18.4 Å². The van der Waals surface area contributed by atoms with E-state index in [0.717, 1.165) is 0 Å². The van der Waals surface area contributed by atoms with Crippen LogP contribution in [-0.2, 0) is 19.1 Å². The fraction of sp³-hybridized carbons (Fsp3) is 0.375. The molecule has 0 aliphatic carbocycles. The number of amides is 2. The third-order valence-electron chi connectivity index (χ3n) is 3.06. The van der Waals surface area contributed by atoms with E-state index < -0.39 is 17.9 Å². The van der Waals surface area contributed by atoms with Crippen molar-refractivity contribution in [3.8, 4) is 0 Å². The zero-order valence-electron chi connectivity index (χ0n) is 13.3. The van der Waals surface area contributed by atoms with Crippen LogP contribution in [0, 0.1) is 0 Å². The zero-order valence-corrected chi connectivity index (χ0v) is 13.3. The van der Waals surface area contributed by atoms with Crippen molar-refractivity contribution in [1.82, 2.24) is 5.32 Å². The van der Waals surface area contributed by atoms with Gasteiger partial charge in [0.1, 0.15) is 11.8 Å². The van der Waals surface area contributed by atoms with Crippen LogP contribution in [-0.4, -0.2) is 36.7 Å². The Labute approximate surface area is 134 Å². The van der Waals surface area contributed by atoms with Gasteiger partial charge in [-0.05, 0) is 25.5 Å². The van der Waals surface area contributed by atoms with Crippen LogP contribution in [0.4, 0.5) is 5.69 Å². The van der Waals surface area contributed by atoms with Gasteiger partial charge in [0.25, 0.3) is 5.91 Å². The Morgan fingerprint density at radius 1 is 1.13 bits per heavy atom. The van der Waals surface area contributed by atoms with E-state index in [2.05, 4.69) is 15.4 Å². The number of carbonyl (C=O) groups excluding carboxylic acids is 4. The third-order valence-corrected chi connectivity index (χ3v) is 3.06. The highest BCUT2D eigenvalue weighted by atomic mass is 16.5. The Hall–Kier alpha value is -2.70. The second-order valence-electron chi connectivity index (χ2n) is 5.02. The number of carbonyl (C=O) groups is 4. The number of para-hydroxylation sites is 1. The maximum absolute atomic E-state index is 12.4. The number of nitrogens with one attached hydrogen (secondary N) is 2. The minimum Gasteiger partial charge on any atom is -0.467 e. The number of esters is 1. The number of ketones is 1. The molecule has 1 aromatic rings. The molecule has 0 unspecified atom stereocenters. The molecule has 0 fully saturated rings. The van der Waals surface area contributed by atoms with Gasteiger partial charge in [0.2, 0.25) is 5.91 Å². The zero-order chi connectivity index (χ0) is 17.4. The summed E-state index contributed by atoms with van der Waals surface area (Å²) in [6, 6.07) is 5.50. The fourth-order valence-corrected chi connectivity index (χ4v) is 1.95. The normalized spacial score (nSPS) is 11.3. The molecule has 1 atom stereocenters. The molecule has 1 rings (SSSR count). The Balaban J connectivity index is 2.92. The first-order valence-electron chi connectivity index (χ1n) is 7.10. The second kappa shape index (κ2) is 8.67. The largest absolute Gasteiger partial charge is 0.467 e. The summed E-state index contributed by atoms with van der Waals surface area (Å²) >= 11 is 0. The van der Waals surface area contributed by atoms with Crippen LogP contribution in [0.1, 0.15) is 37.0 Å². The van der Waals surface area contributed by atoms with Crippen LogP contribution in [0.3, 0.4) is 0 Å². The van der Waals surface area contributed by atoms with Crippen LogP contribution in [0.25, 0.3) is 0 Å². The molecule has 0 aliphatic heterocycles. The highest BCUT2D eigenvalue weighted by Crippen LogP contribution is 2.15. The van der Waals surface area contributed by atoms with Gasteiger partial charge in [0, 0.05) is 13.3 Å². The number of rotatable bonds is 7. The number of Topliss-reactive ketones (excluding diaryl/α,β-unsaturated/α-hetero) is 1. The Morgan fingerprint density at radius 3 is 2.35 bits per heavy atom. The summed E-state index contributed by atoms with van der Waals surface area (Å²) in [5.41, 5.74) is 0.562. The van der Waals surface area contributed by atoms with Gasteiger partial charge < -0.3 is 20.2 Å². The van der Waals surface area contributed by atoms with Crippen LogP contribution in [0.2, 0.25) is 0 Å². The lowest BCUT2D eigenvalue weighted by atomic mass is 10.1. The second-order valence-corrected chi connectivity index (χ2v) is 5.02. The lowest BCUT2D eigenvalue weighted by molar-refractivity contribution is -0.143. The minimum absolute atomic E-state index is 0.0909. The molecule has 1 aromatic carbocycles. The third kappa shape index (κ3) is 5.90. The summed E-state index contributed by atoms with van der Waals surface area (Å²) in [6.07, 6.45) is 0.295. The lowest BCUT2D eigenvalue weighted by Gasteiger charge is -2.17. The van der Waals surface area contributed by atoms with Gasteiger partial charge in [-0.3, -0.25) is 9.59 Å². The molecule has 0 saturated heterocycles. The van der Waals surface area contributed by atoms with Gasteiger partial charge in [0.15, 0.2) is 0 Å². The van der Waals surface area contributed by atoms with Crippen molar-refractivity contribution in [2.45, 2.75) is 32.7 Å². The molecular weight excluding hydrogens is 300 g/mol. The fourth-order valence-electron chi connectivity index (χ4n) is 1.95. The molecule has 0 heterocycles. The van der Waals surface area contributed by atoms with E-state index in [1.165, 1.54) is 27.0 Å². The minimum atomic E-state index is -0.929. The average Bonchev–Trinajstić information content (AvgIpc) is 2.50. The summed E-state index contributed by atoms with van der Waals surface area (Å²) in [7, 11) is 1.21. The molecule has 0 aliphatic rings. The molecule has 2 N–H and O–H groups in total. The number of anilines is 1. The molecular formula is C16H20N2O5. The van der Waals surface area contributed by atoms with Crippen LogP contribution in [0.5, 0.6) is 0 Å². The Kier molecular flexibility index (Phi) is 6.92. The Bertz CT molecular complexity index is 612. The molecule has 0 spiro atoms. The maximum atomic E-state index is 12.4. The van der Waals surface area contributed by atoms with E-state index in [-0.39, 0.29) is 30.1 Å². The van der Waals surface area contributed by atoms with Crippen molar-refractivity contribution >= 4 is 29.3 Å². The van der Waals surface area contributed by atoms with Gasteiger partial charge in [-0.1, -0.05) is 12.1 Å². The summed E-state index contributed by atoms with van der Waals surface area (Å²) in [5.74, 6) is -1.57. The molecule has 124 valence electrons. The number of methoxy groups -OCH3 is 1. The van der Waals surface area contributed by atoms with E-state index in [4.69, 9.17) is 0 Å². The van der Waals surface area contributed by atoms with Crippen molar-refractivity contribution < 1.29 is 23.9 Å². The van der Waals surface area contributed by atoms with Crippen LogP contribution >= 0.6 is 0 Å². The molecule has 0 bridgehead atoms. The lowest BCUT2D eigenvalue weighted by Crippen LogP contribution is -2.42. The molecule has 7 heteroatoms. The molecule has 0 radical (unpaired) electrons. The molecule has 0 aromatic heterocycles. The Morgan fingerprint density at radius 2 is 1.78 bits per heavy atom. The predicted octanol–water partition coefficient (Wildman–Crippen LogP) is 1.29. The van der Waals surface area contributed by atoms with Crippen molar-refractivity contribution in [3.63, 3.8) is 0 Å². The predicted molar refractivity (Wildman–Crippen MR) is 83.9 cm³/mol. The summed E-state index contributed by atoms with van der Waals surface area (Å²) < 4.78 is 4.64. The first-order valence-corrected chi connectivity index (χ1v) is 7.10. The topological polar surface area (TPSA) is 102 Å². The smallest absolute Gasteiger partial charge is 0.328 e. The number of hydrogen-bond donors (Lipinski definition) is 2. The van der Waals surface area contributed by atoms with Gasteiger partial charge in [-0.2, -0.15) is 0 Å². The molecule has 2 amide bonds. The molecule has 7 nitrogen and oxygen atoms in total. The molecule has 0 saturated carbocycles. The number of benzene rings is 1. The van der Waals surface area contributed by atoms with Gasteiger partial charge in [-0.25, -0.2) is 4.79 Å². The first-order chi connectivity index (χ1) is 10.8.